The van der Waals surface area contributed by atoms with Gasteiger partial charge in [-0.1, -0.05) is 44.9 Å². The molecular weight excluding hydrogens is 398 g/mol. The third-order valence-corrected chi connectivity index (χ3v) is 7.22. The summed E-state index contributed by atoms with van der Waals surface area (Å²) in [6, 6.07) is 11.8. The minimum Gasteiger partial charge on any atom is -0.451 e. The van der Waals surface area contributed by atoms with E-state index in [0.29, 0.717) is 16.7 Å². The predicted octanol–water partition coefficient (Wildman–Crippen LogP) is 4.49. The molecule has 0 unspecified atom stereocenters. The highest BCUT2D eigenvalue weighted by atomic mass is 32.1. The van der Waals surface area contributed by atoms with Crippen LogP contribution in [0, 0.1) is 18.8 Å². The number of carbonyl (C=O) groups is 2. The summed E-state index contributed by atoms with van der Waals surface area (Å²) in [4.78, 5) is 26.2. The molecule has 1 fully saturated rings. The molecule has 1 aromatic carbocycles. The summed E-state index contributed by atoms with van der Waals surface area (Å²) in [7, 11) is 0. The molecule has 30 heavy (non-hydrogen) atoms. The monoisotopic (exact) mass is 425 g/mol. The van der Waals surface area contributed by atoms with E-state index in [4.69, 9.17) is 4.74 Å². The van der Waals surface area contributed by atoms with E-state index >= 15 is 0 Å². The first-order valence-corrected chi connectivity index (χ1v) is 11.3. The third kappa shape index (κ3) is 4.12. The maximum atomic E-state index is 12.6. The molecule has 1 saturated carbocycles. The summed E-state index contributed by atoms with van der Waals surface area (Å²) < 4.78 is 7.15. The number of ether oxygens (including phenoxy) is 1. The van der Waals surface area contributed by atoms with E-state index in [9.17, 15) is 9.59 Å². The number of nitrogens with one attached hydrogen (secondary N) is 1. The van der Waals surface area contributed by atoms with Crippen LogP contribution >= 0.6 is 11.3 Å². The van der Waals surface area contributed by atoms with Gasteiger partial charge in [0.2, 0.25) is 0 Å². The lowest BCUT2D eigenvalue weighted by molar-refractivity contribution is -0.125. The van der Waals surface area contributed by atoms with Crippen molar-refractivity contribution in [3.05, 3.63) is 47.0 Å². The van der Waals surface area contributed by atoms with Gasteiger partial charge in [-0.3, -0.25) is 4.79 Å². The van der Waals surface area contributed by atoms with Crippen LogP contribution in [-0.2, 0) is 9.53 Å². The van der Waals surface area contributed by atoms with Gasteiger partial charge in [0.25, 0.3) is 5.91 Å². The molecular formula is C23H27N3O3S. The van der Waals surface area contributed by atoms with Crippen LogP contribution in [0.4, 0.5) is 0 Å². The number of aromatic nitrogens is 2. The number of rotatable bonds is 5. The van der Waals surface area contributed by atoms with Crippen LogP contribution in [0.25, 0.3) is 15.9 Å². The van der Waals surface area contributed by atoms with Crippen molar-refractivity contribution in [2.75, 3.05) is 6.61 Å². The normalized spacial score (nSPS) is 21.5. The van der Waals surface area contributed by atoms with Crippen LogP contribution in [-0.4, -0.2) is 34.3 Å². The highest BCUT2D eigenvalue weighted by Gasteiger charge is 2.28. The molecule has 2 aromatic heterocycles. The van der Waals surface area contributed by atoms with E-state index in [1.54, 1.807) is 6.07 Å². The third-order valence-electron chi connectivity index (χ3n) is 6.13. The van der Waals surface area contributed by atoms with Gasteiger partial charge in [-0.2, -0.15) is 5.10 Å². The Kier molecular flexibility index (Phi) is 5.90. The number of thiophene rings is 1. The minimum atomic E-state index is -0.476. The van der Waals surface area contributed by atoms with E-state index in [2.05, 4.69) is 24.3 Å². The van der Waals surface area contributed by atoms with E-state index in [0.717, 1.165) is 34.4 Å². The van der Waals surface area contributed by atoms with Gasteiger partial charge in [0.05, 0.1) is 11.4 Å². The summed E-state index contributed by atoms with van der Waals surface area (Å²) in [5, 5.41) is 8.55. The van der Waals surface area contributed by atoms with Gasteiger partial charge >= 0.3 is 5.97 Å². The summed E-state index contributed by atoms with van der Waals surface area (Å²) in [5.74, 6) is 0.319. The average molecular weight is 426 g/mol. The largest absolute Gasteiger partial charge is 0.451 e. The summed E-state index contributed by atoms with van der Waals surface area (Å²) >= 11 is 1.33. The zero-order valence-corrected chi connectivity index (χ0v) is 18.4. The predicted molar refractivity (Wildman–Crippen MR) is 118 cm³/mol. The summed E-state index contributed by atoms with van der Waals surface area (Å²) in [6.45, 7) is 6.07. The van der Waals surface area contributed by atoms with Gasteiger partial charge in [-0.25, -0.2) is 9.48 Å². The molecule has 0 aliphatic heterocycles. The second kappa shape index (κ2) is 8.60. The second-order valence-corrected chi connectivity index (χ2v) is 9.21. The molecule has 2 heterocycles. The lowest BCUT2D eigenvalue weighted by Crippen LogP contribution is -2.45. The molecule has 158 valence electrons. The first-order chi connectivity index (χ1) is 14.4. The fourth-order valence-corrected chi connectivity index (χ4v) is 5.21. The van der Waals surface area contributed by atoms with Gasteiger partial charge in [-0.05, 0) is 43.4 Å². The van der Waals surface area contributed by atoms with Crippen molar-refractivity contribution >= 4 is 33.4 Å². The minimum absolute atomic E-state index is 0.156. The van der Waals surface area contributed by atoms with Gasteiger partial charge in [-0.15, -0.1) is 11.3 Å². The number of fused-ring (bicyclic) bond motifs is 1. The van der Waals surface area contributed by atoms with E-state index in [1.807, 2.05) is 41.9 Å². The zero-order chi connectivity index (χ0) is 21.3. The SMILES string of the molecule is Cc1nn(-c2ccccc2)c2sc(C(=O)OCC(=O)N[C@@H]3CCC[C@@H](C)[C@H]3C)cc12. The molecule has 1 aliphatic carbocycles. The Labute approximate surface area is 180 Å². The summed E-state index contributed by atoms with van der Waals surface area (Å²) in [5.41, 5.74) is 1.79. The maximum Gasteiger partial charge on any atom is 0.348 e. The van der Waals surface area contributed by atoms with E-state index in [-0.39, 0.29) is 18.6 Å². The first kappa shape index (κ1) is 20.6. The Bertz CT molecular complexity index is 1060. The highest BCUT2D eigenvalue weighted by molar-refractivity contribution is 7.20. The van der Waals surface area contributed by atoms with Crippen LogP contribution in [0.2, 0.25) is 0 Å². The van der Waals surface area contributed by atoms with Gasteiger partial charge in [0.15, 0.2) is 6.61 Å². The molecule has 6 nitrogen and oxygen atoms in total. The van der Waals surface area contributed by atoms with Crippen LogP contribution < -0.4 is 5.32 Å². The zero-order valence-electron chi connectivity index (χ0n) is 17.6. The first-order valence-electron chi connectivity index (χ1n) is 10.4. The Morgan fingerprint density at radius 1 is 1.23 bits per heavy atom. The number of hydrogen-bond donors (Lipinski definition) is 1. The van der Waals surface area contributed by atoms with Crippen molar-refractivity contribution in [3.8, 4) is 5.69 Å². The molecule has 0 spiro atoms. The van der Waals surface area contributed by atoms with Crippen molar-refractivity contribution in [2.24, 2.45) is 11.8 Å². The molecule has 1 amide bonds. The number of hydrogen-bond acceptors (Lipinski definition) is 5. The second-order valence-electron chi connectivity index (χ2n) is 8.18. The Morgan fingerprint density at radius 2 is 2.00 bits per heavy atom. The molecule has 7 heteroatoms. The summed E-state index contributed by atoms with van der Waals surface area (Å²) in [6.07, 6.45) is 3.31. The molecule has 1 aliphatic rings. The smallest absolute Gasteiger partial charge is 0.348 e. The van der Waals surface area contributed by atoms with Gasteiger partial charge in [0, 0.05) is 11.4 Å². The fourth-order valence-electron chi connectivity index (χ4n) is 4.13. The molecule has 3 aromatic rings. The number of benzene rings is 1. The number of para-hydroxylation sites is 1. The average Bonchev–Trinajstić information content (AvgIpc) is 3.31. The van der Waals surface area contributed by atoms with Crippen molar-refractivity contribution in [1.82, 2.24) is 15.1 Å². The number of esters is 1. The molecule has 1 N–H and O–H groups in total. The quantitative estimate of drug-likeness (QED) is 0.611. The lowest BCUT2D eigenvalue weighted by atomic mass is 9.78. The fraction of sp³-hybridized carbons (Fsp3) is 0.435. The number of nitrogens with zero attached hydrogens (tertiary/aromatic N) is 2. The lowest BCUT2D eigenvalue weighted by Gasteiger charge is -2.34. The number of amides is 1. The molecule has 3 atom stereocenters. The molecule has 0 bridgehead atoms. The van der Waals surface area contributed by atoms with Gasteiger partial charge in [0.1, 0.15) is 9.71 Å². The van der Waals surface area contributed by atoms with Gasteiger partial charge < -0.3 is 10.1 Å². The van der Waals surface area contributed by atoms with Crippen LogP contribution in [0.3, 0.4) is 0 Å². The Hall–Kier alpha value is -2.67. The van der Waals surface area contributed by atoms with Crippen LogP contribution in [0.15, 0.2) is 36.4 Å². The van der Waals surface area contributed by atoms with Crippen molar-refractivity contribution < 1.29 is 14.3 Å². The number of carbonyl (C=O) groups excluding carboxylic acids is 2. The Morgan fingerprint density at radius 3 is 2.77 bits per heavy atom. The van der Waals surface area contributed by atoms with Crippen molar-refractivity contribution in [1.29, 1.82) is 0 Å². The molecule has 4 rings (SSSR count). The molecule has 0 radical (unpaired) electrons. The van der Waals surface area contributed by atoms with Crippen LogP contribution in [0.5, 0.6) is 0 Å². The maximum absolute atomic E-state index is 12.6. The van der Waals surface area contributed by atoms with Crippen LogP contribution in [0.1, 0.15) is 48.5 Å². The van der Waals surface area contributed by atoms with E-state index < -0.39 is 5.97 Å². The Balaban J connectivity index is 1.42. The highest BCUT2D eigenvalue weighted by Crippen LogP contribution is 2.31. The molecule has 0 saturated heterocycles. The van der Waals surface area contributed by atoms with Crippen molar-refractivity contribution in [3.63, 3.8) is 0 Å². The number of aryl methyl sites for hydroxylation is 1. The van der Waals surface area contributed by atoms with E-state index in [1.165, 1.54) is 17.8 Å². The van der Waals surface area contributed by atoms with Crippen molar-refractivity contribution in [2.45, 2.75) is 46.1 Å². The standard InChI is InChI=1S/C23H27N3O3S/c1-14-8-7-11-19(15(14)2)24-21(27)13-29-23(28)20-12-18-16(3)25-26(22(18)30-20)17-9-5-4-6-10-17/h4-6,9-10,12,14-15,19H,7-8,11,13H2,1-3H3,(H,24,27)/t14-,15-,19-/m1/s1. The topological polar surface area (TPSA) is 73.2 Å².